The molecule has 0 aromatic carbocycles. The van der Waals surface area contributed by atoms with E-state index >= 15 is 0 Å². The number of aryl methyl sites for hydroxylation is 2. The van der Waals surface area contributed by atoms with Gasteiger partial charge in [-0.2, -0.15) is 5.10 Å². The van der Waals surface area contributed by atoms with Crippen molar-refractivity contribution < 1.29 is 4.79 Å². The fraction of sp³-hybridized carbons (Fsp3) is 0.444. The number of aromatic nitrogens is 2. The van der Waals surface area contributed by atoms with Gasteiger partial charge in [-0.3, -0.25) is 14.9 Å². The monoisotopic (exact) mass is 241 g/mol. The number of nitrogens with two attached hydrogens (primary N) is 1. The van der Waals surface area contributed by atoms with Crippen molar-refractivity contribution >= 4 is 28.5 Å². The number of nitrogens with one attached hydrogen (secondary N) is 2. The first kappa shape index (κ1) is 12.6. The highest BCUT2D eigenvalue weighted by molar-refractivity contribution is 8.14. The Labute approximate surface area is 98.1 Å². The van der Waals surface area contributed by atoms with Crippen LogP contribution in [0, 0.1) is 19.3 Å². The van der Waals surface area contributed by atoms with Gasteiger partial charge in [-0.05, 0) is 13.8 Å². The molecule has 1 amide bonds. The van der Waals surface area contributed by atoms with E-state index in [1.165, 1.54) is 0 Å². The van der Waals surface area contributed by atoms with E-state index < -0.39 is 0 Å². The summed E-state index contributed by atoms with van der Waals surface area (Å²) in [6.45, 7) is 3.72. The Hall–Kier alpha value is -1.50. The number of amidine groups is 1. The van der Waals surface area contributed by atoms with Crippen LogP contribution < -0.4 is 11.1 Å². The number of thioether (sulfide) groups is 1. The molecule has 0 saturated carbocycles. The Kier molecular flexibility index (Phi) is 3.94. The molecule has 6 nitrogen and oxygen atoms in total. The summed E-state index contributed by atoms with van der Waals surface area (Å²) >= 11 is 0.999. The number of carbonyl (C=O) groups is 1. The SMILES string of the molecule is Cc1nn(C)c(C)c1NC(=O)CSC(=N)N. The average Bonchev–Trinajstić information content (AvgIpc) is 2.42. The standard InChI is InChI=1S/C9H15N5OS/c1-5-8(6(2)14(3)13-5)12-7(15)4-16-9(10)11/h4H2,1-3H3,(H3,10,11)(H,12,15). The number of carbonyl (C=O) groups excluding carboxylic acids is 1. The second-order valence-electron chi connectivity index (χ2n) is 3.37. The van der Waals surface area contributed by atoms with Gasteiger partial charge >= 0.3 is 0 Å². The fourth-order valence-corrected chi connectivity index (χ4v) is 1.63. The zero-order valence-corrected chi connectivity index (χ0v) is 10.3. The molecule has 0 aliphatic carbocycles. The van der Waals surface area contributed by atoms with Crippen LogP contribution >= 0.6 is 11.8 Å². The van der Waals surface area contributed by atoms with Crippen LogP contribution in [-0.2, 0) is 11.8 Å². The van der Waals surface area contributed by atoms with E-state index in [-0.39, 0.29) is 16.8 Å². The maximum Gasteiger partial charge on any atom is 0.234 e. The van der Waals surface area contributed by atoms with Gasteiger partial charge in [-0.25, -0.2) is 0 Å². The molecule has 0 unspecified atom stereocenters. The predicted molar refractivity (Wildman–Crippen MR) is 65.7 cm³/mol. The van der Waals surface area contributed by atoms with Gasteiger partial charge in [0.1, 0.15) is 0 Å². The minimum atomic E-state index is -0.181. The number of amides is 1. The molecule has 0 bridgehead atoms. The summed E-state index contributed by atoms with van der Waals surface area (Å²) in [6.07, 6.45) is 0. The Balaban J connectivity index is 2.66. The van der Waals surface area contributed by atoms with Gasteiger partial charge in [-0.1, -0.05) is 11.8 Å². The van der Waals surface area contributed by atoms with Gasteiger partial charge in [0.05, 0.1) is 22.8 Å². The van der Waals surface area contributed by atoms with E-state index in [1.54, 1.807) is 4.68 Å². The first-order valence-electron chi connectivity index (χ1n) is 4.68. The molecule has 1 rings (SSSR count). The summed E-state index contributed by atoms with van der Waals surface area (Å²) < 4.78 is 1.71. The lowest BCUT2D eigenvalue weighted by atomic mass is 10.3. The van der Waals surface area contributed by atoms with Crippen molar-refractivity contribution in [2.45, 2.75) is 13.8 Å². The first-order valence-corrected chi connectivity index (χ1v) is 5.67. The molecule has 7 heteroatoms. The molecule has 88 valence electrons. The number of rotatable bonds is 3. The zero-order chi connectivity index (χ0) is 12.3. The van der Waals surface area contributed by atoms with Crippen LogP contribution in [-0.4, -0.2) is 26.6 Å². The molecule has 1 aromatic heterocycles. The predicted octanol–water partition coefficient (Wildman–Crippen LogP) is 0.602. The summed E-state index contributed by atoms with van der Waals surface area (Å²) in [6, 6.07) is 0. The molecule has 4 N–H and O–H groups in total. The topological polar surface area (TPSA) is 96.8 Å². The second-order valence-corrected chi connectivity index (χ2v) is 4.39. The van der Waals surface area contributed by atoms with E-state index in [0.29, 0.717) is 0 Å². The quantitative estimate of drug-likeness (QED) is 0.533. The number of anilines is 1. The maximum absolute atomic E-state index is 11.5. The number of nitrogens with zero attached hydrogens (tertiary/aromatic N) is 2. The van der Waals surface area contributed by atoms with Crippen molar-refractivity contribution in [2.75, 3.05) is 11.1 Å². The smallest absolute Gasteiger partial charge is 0.234 e. The fourth-order valence-electron chi connectivity index (χ4n) is 1.27. The van der Waals surface area contributed by atoms with E-state index in [4.69, 9.17) is 11.1 Å². The van der Waals surface area contributed by atoms with Crippen LogP contribution in [0.2, 0.25) is 0 Å². The molecule has 0 aliphatic heterocycles. The van der Waals surface area contributed by atoms with Crippen molar-refractivity contribution in [3.8, 4) is 0 Å². The van der Waals surface area contributed by atoms with E-state index in [0.717, 1.165) is 28.8 Å². The molecular formula is C9H15N5OS. The molecule has 0 fully saturated rings. The van der Waals surface area contributed by atoms with Crippen molar-refractivity contribution in [3.63, 3.8) is 0 Å². The molecular weight excluding hydrogens is 226 g/mol. The molecule has 1 heterocycles. The Bertz CT molecular complexity index is 426. The van der Waals surface area contributed by atoms with E-state index in [9.17, 15) is 4.79 Å². The lowest BCUT2D eigenvalue weighted by Crippen LogP contribution is -2.18. The zero-order valence-electron chi connectivity index (χ0n) is 9.50. The first-order chi connectivity index (χ1) is 7.41. The van der Waals surface area contributed by atoms with Crippen molar-refractivity contribution in [1.29, 1.82) is 5.41 Å². The highest BCUT2D eigenvalue weighted by atomic mass is 32.2. The highest BCUT2D eigenvalue weighted by Crippen LogP contribution is 2.18. The molecule has 0 radical (unpaired) electrons. The van der Waals surface area contributed by atoms with Gasteiger partial charge in [-0.15, -0.1) is 0 Å². The van der Waals surface area contributed by atoms with Crippen LogP contribution in [0.4, 0.5) is 5.69 Å². The third-order valence-corrected chi connectivity index (χ3v) is 2.85. The van der Waals surface area contributed by atoms with Crippen LogP contribution in [0.25, 0.3) is 0 Å². The lowest BCUT2D eigenvalue weighted by molar-refractivity contribution is -0.113. The molecule has 16 heavy (non-hydrogen) atoms. The lowest BCUT2D eigenvalue weighted by Gasteiger charge is -2.04. The van der Waals surface area contributed by atoms with Crippen molar-refractivity contribution in [1.82, 2.24) is 9.78 Å². The molecule has 0 aliphatic rings. The Morgan fingerprint density at radius 1 is 1.62 bits per heavy atom. The van der Waals surface area contributed by atoms with Crippen molar-refractivity contribution in [3.05, 3.63) is 11.4 Å². The average molecular weight is 241 g/mol. The van der Waals surface area contributed by atoms with Crippen LogP contribution in [0.5, 0.6) is 0 Å². The maximum atomic E-state index is 11.5. The van der Waals surface area contributed by atoms with Gasteiger partial charge in [0.15, 0.2) is 5.17 Å². The number of hydrogen-bond donors (Lipinski definition) is 3. The van der Waals surface area contributed by atoms with E-state index in [1.807, 2.05) is 20.9 Å². The van der Waals surface area contributed by atoms with Gasteiger partial charge < -0.3 is 11.1 Å². The van der Waals surface area contributed by atoms with Crippen LogP contribution in [0.1, 0.15) is 11.4 Å². The molecule has 0 saturated heterocycles. The molecule has 0 atom stereocenters. The summed E-state index contributed by atoms with van der Waals surface area (Å²) in [4.78, 5) is 11.5. The Morgan fingerprint density at radius 3 is 2.69 bits per heavy atom. The largest absolute Gasteiger partial charge is 0.379 e. The second kappa shape index (κ2) is 5.02. The minimum Gasteiger partial charge on any atom is -0.379 e. The molecule has 0 spiro atoms. The third kappa shape index (κ3) is 2.99. The van der Waals surface area contributed by atoms with Crippen LogP contribution in [0.15, 0.2) is 0 Å². The minimum absolute atomic E-state index is 0.0604. The number of hydrogen-bond acceptors (Lipinski definition) is 4. The summed E-state index contributed by atoms with van der Waals surface area (Å²) in [5.41, 5.74) is 7.56. The normalized spacial score (nSPS) is 10.2. The van der Waals surface area contributed by atoms with Crippen molar-refractivity contribution in [2.24, 2.45) is 12.8 Å². The van der Waals surface area contributed by atoms with Gasteiger partial charge in [0.2, 0.25) is 5.91 Å². The van der Waals surface area contributed by atoms with Crippen LogP contribution in [0.3, 0.4) is 0 Å². The summed E-state index contributed by atoms with van der Waals surface area (Å²) in [5.74, 6) is -0.0391. The third-order valence-electron chi connectivity index (χ3n) is 2.13. The highest BCUT2D eigenvalue weighted by Gasteiger charge is 2.12. The summed E-state index contributed by atoms with van der Waals surface area (Å²) in [5, 5.41) is 13.9. The van der Waals surface area contributed by atoms with Gasteiger partial charge in [0, 0.05) is 7.05 Å². The molecule has 1 aromatic rings. The van der Waals surface area contributed by atoms with Gasteiger partial charge in [0.25, 0.3) is 0 Å². The van der Waals surface area contributed by atoms with E-state index in [2.05, 4.69) is 10.4 Å². The summed E-state index contributed by atoms with van der Waals surface area (Å²) in [7, 11) is 1.82. The Morgan fingerprint density at radius 2 is 2.25 bits per heavy atom.